The first-order chi connectivity index (χ1) is 8.29. The van der Waals surface area contributed by atoms with Crippen molar-refractivity contribution in [2.45, 2.75) is 17.3 Å². The van der Waals surface area contributed by atoms with Gasteiger partial charge in [0.2, 0.25) is 0 Å². The van der Waals surface area contributed by atoms with Crippen LogP contribution in [-0.4, -0.2) is 16.5 Å². The van der Waals surface area contributed by atoms with E-state index in [1.54, 1.807) is 11.8 Å². The smallest absolute Gasteiger partial charge is 0.188 e. The Kier molecular flexibility index (Phi) is 4.12. The molecule has 0 saturated carbocycles. The molecule has 0 aliphatic rings. The van der Waals surface area contributed by atoms with Gasteiger partial charge in [-0.3, -0.25) is 0 Å². The van der Waals surface area contributed by atoms with Crippen LogP contribution in [0.15, 0.2) is 47.9 Å². The van der Waals surface area contributed by atoms with Crippen molar-refractivity contribution in [2.75, 3.05) is 6.54 Å². The first-order valence-corrected chi connectivity index (χ1v) is 6.38. The molecule has 0 fully saturated rings. The summed E-state index contributed by atoms with van der Waals surface area (Å²) in [5, 5.41) is 0.980. The van der Waals surface area contributed by atoms with Crippen molar-refractivity contribution in [2.24, 2.45) is 5.73 Å². The van der Waals surface area contributed by atoms with Crippen LogP contribution in [0, 0.1) is 6.92 Å². The Hall–Kier alpha value is -1.39. The number of hydrogen-bond donors (Lipinski definition) is 1. The maximum Gasteiger partial charge on any atom is 0.188 e. The van der Waals surface area contributed by atoms with Gasteiger partial charge in [0.1, 0.15) is 0 Å². The van der Waals surface area contributed by atoms with Gasteiger partial charge in [0.15, 0.2) is 5.16 Å². The number of thioether (sulfide) groups is 1. The number of rotatable bonds is 4. The minimum atomic E-state index is 0.207. The Bertz CT molecular complexity index is 456. The number of aryl methyl sites for hydroxylation is 1. The first kappa shape index (κ1) is 12.1. The van der Waals surface area contributed by atoms with Crippen molar-refractivity contribution < 1.29 is 0 Å². The van der Waals surface area contributed by atoms with E-state index in [0.717, 1.165) is 10.7 Å². The molecule has 3 nitrogen and oxygen atoms in total. The van der Waals surface area contributed by atoms with Crippen LogP contribution < -0.4 is 5.73 Å². The van der Waals surface area contributed by atoms with Crippen molar-refractivity contribution in [1.82, 2.24) is 9.97 Å². The maximum atomic E-state index is 5.81. The van der Waals surface area contributed by atoms with E-state index < -0.39 is 0 Å². The molecule has 2 aromatic rings. The average molecular weight is 245 g/mol. The number of benzene rings is 1. The van der Waals surface area contributed by atoms with Crippen LogP contribution in [0.1, 0.15) is 16.4 Å². The van der Waals surface area contributed by atoms with E-state index in [1.807, 2.05) is 37.5 Å². The van der Waals surface area contributed by atoms with Gasteiger partial charge in [-0.25, -0.2) is 9.97 Å². The summed E-state index contributed by atoms with van der Waals surface area (Å²) < 4.78 is 0. The second-order valence-electron chi connectivity index (χ2n) is 3.80. The van der Waals surface area contributed by atoms with Crippen LogP contribution in [0.5, 0.6) is 0 Å². The Morgan fingerprint density at radius 2 is 1.82 bits per heavy atom. The van der Waals surface area contributed by atoms with E-state index in [9.17, 15) is 0 Å². The topological polar surface area (TPSA) is 51.8 Å². The van der Waals surface area contributed by atoms with Crippen LogP contribution in [0.2, 0.25) is 0 Å². The van der Waals surface area contributed by atoms with Gasteiger partial charge in [0.25, 0.3) is 0 Å². The fourth-order valence-corrected chi connectivity index (χ4v) is 2.36. The van der Waals surface area contributed by atoms with Crippen LogP contribution in [-0.2, 0) is 0 Å². The normalized spacial score (nSPS) is 12.4. The summed E-state index contributed by atoms with van der Waals surface area (Å²) in [6, 6.07) is 10.2. The predicted octanol–water partition coefficient (Wildman–Crippen LogP) is 2.58. The van der Waals surface area contributed by atoms with Crippen LogP contribution in [0.25, 0.3) is 0 Å². The fourth-order valence-electron chi connectivity index (χ4n) is 1.49. The number of aromatic nitrogens is 2. The van der Waals surface area contributed by atoms with Gasteiger partial charge in [0, 0.05) is 24.2 Å². The standard InChI is InChI=1S/C13H15N3S/c1-10-8-15-13(16-9-10)17-12(7-14)11-5-3-2-4-6-11/h2-6,8-9,12H,7,14H2,1H3. The molecule has 0 amide bonds. The quantitative estimate of drug-likeness (QED) is 0.664. The molecule has 1 unspecified atom stereocenters. The summed E-state index contributed by atoms with van der Waals surface area (Å²) in [5.74, 6) is 0. The summed E-state index contributed by atoms with van der Waals surface area (Å²) in [5.41, 5.74) is 8.09. The molecule has 1 heterocycles. The minimum Gasteiger partial charge on any atom is -0.329 e. The van der Waals surface area contributed by atoms with Crippen LogP contribution >= 0.6 is 11.8 Å². The van der Waals surface area contributed by atoms with Crippen molar-refractivity contribution in [3.05, 3.63) is 53.9 Å². The zero-order valence-corrected chi connectivity index (χ0v) is 10.5. The van der Waals surface area contributed by atoms with Gasteiger partial charge < -0.3 is 5.73 Å². The molecule has 1 atom stereocenters. The summed E-state index contributed by atoms with van der Waals surface area (Å²) in [4.78, 5) is 8.58. The molecular weight excluding hydrogens is 230 g/mol. The maximum absolute atomic E-state index is 5.81. The molecule has 0 aliphatic carbocycles. The van der Waals surface area contributed by atoms with E-state index in [0.29, 0.717) is 6.54 Å². The fraction of sp³-hybridized carbons (Fsp3) is 0.231. The third kappa shape index (κ3) is 3.28. The minimum absolute atomic E-state index is 0.207. The molecule has 1 aromatic carbocycles. The number of hydrogen-bond acceptors (Lipinski definition) is 4. The first-order valence-electron chi connectivity index (χ1n) is 5.50. The van der Waals surface area contributed by atoms with E-state index >= 15 is 0 Å². The van der Waals surface area contributed by atoms with Crippen molar-refractivity contribution in [3.8, 4) is 0 Å². The molecule has 0 radical (unpaired) electrons. The third-order valence-corrected chi connectivity index (χ3v) is 3.56. The Balaban J connectivity index is 2.13. The van der Waals surface area contributed by atoms with E-state index in [2.05, 4.69) is 22.1 Å². The highest BCUT2D eigenvalue weighted by atomic mass is 32.2. The molecule has 0 spiro atoms. The highest BCUT2D eigenvalue weighted by molar-refractivity contribution is 7.99. The van der Waals surface area contributed by atoms with Crippen molar-refractivity contribution in [3.63, 3.8) is 0 Å². The van der Waals surface area contributed by atoms with E-state index in [1.165, 1.54) is 5.56 Å². The Labute approximate surface area is 105 Å². The van der Waals surface area contributed by atoms with Crippen LogP contribution in [0.4, 0.5) is 0 Å². The summed E-state index contributed by atoms with van der Waals surface area (Å²) in [6.45, 7) is 2.55. The lowest BCUT2D eigenvalue weighted by molar-refractivity contribution is 0.903. The van der Waals surface area contributed by atoms with Gasteiger partial charge in [-0.15, -0.1) is 0 Å². The monoisotopic (exact) mass is 245 g/mol. The van der Waals surface area contributed by atoms with E-state index in [-0.39, 0.29) is 5.25 Å². The summed E-state index contributed by atoms with van der Waals surface area (Å²) >= 11 is 1.60. The van der Waals surface area contributed by atoms with Crippen molar-refractivity contribution in [1.29, 1.82) is 0 Å². The molecular formula is C13H15N3S. The summed E-state index contributed by atoms with van der Waals surface area (Å²) in [6.07, 6.45) is 3.65. The molecule has 0 saturated heterocycles. The van der Waals surface area contributed by atoms with Gasteiger partial charge in [0.05, 0.1) is 0 Å². The average Bonchev–Trinajstić information content (AvgIpc) is 2.39. The predicted molar refractivity (Wildman–Crippen MR) is 70.9 cm³/mol. The van der Waals surface area contributed by atoms with Crippen molar-refractivity contribution >= 4 is 11.8 Å². The lowest BCUT2D eigenvalue weighted by Crippen LogP contribution is -2.09. The molecule has 1 aromatic heterocycles. The second-order valence-corrected chi connectivity index (χ2v) is 4.97. The highest BCUT2D eigenvalue weighted by Crippen LogP contribution is 2.31. The van der Waals surface area contributed by atoms with Gasteiger partial charge >= 0.3 is 0 Å². The SMILES string of the molecule is Cc1cnc(SC(CN)c2ccccc2)nc1. The Morgan fingerprint density at radius 1 is 1.18 bits per heavy atom. The molecule has 2 N–H and O–H groups in total. The summed E-state index contributed by atoms with van der Waals surface area (Å²) in [7, 11) is 0. The highest BCUT2D eigenvalue weighted by Gasteiger charge is 2.12. The zero-order valence-electron chi connectivity index (χ0n) is 9.71. The molecule has 17 heavy (non-hydrogen) atoms. The molecule has 0 aliphatic heterocycles. The van der Waals surface area contributed by atoms with Gasteiger partial charge in [-0.2, -0.15) is 0 Å². The zero-order chi connectivity index (χ0) is 12.1. The second kappa shape index (κ2) is 5.80. The third-order valence-electron chi connectivity index (χ3n) is 2.39. The molecule has 2 rings (SSSR count). The number of nitrogens with two attached hydrogens (primary N) is 1. The lowest BCUT2D eigenvalue weighted by Gasteiger charge is -2.13. The van der Waals surface area contributed by atoms with Gasteiger partial charge in [-0.05, 0) is 18.1 Å². The molecule has 4 heteroatoms. The number of nitrogens with zero attached hydrogens (tertiary/aromatic N) is 2. The largest absolute Gasteiger partial charge is 0.329 e. The molecule has 88 valence electrons. The lowest BCUT2D eigenvalue weighted by atomic mass is 10.1. The Morgan fingerprint density at radius 3 is 2.41 bits per heavy atom. The van der Waals surface area contributed by atoms with Crippen LogP contribution in [0.3, 0.4) is 0 Å². The van der Waals surface area contributed by atoms with Gasteiger partial charge in [-0.1, -0.05) is 42.1 Å². The van der Waals surface area contributed by atoms with E-state index in [4.69, 9.17) is 5.73 Å². The molecule has 0 bridgehead atoms.